The minimum atomic E-state index is -3.86. The van der Waals surface area contributed by atoms with E-state index in [1.54, 1.807) is 19.1 Å². The van der Waals surface area contributed by atoms with Gasteiger partial charge < -0.3 is 24.7 Å². The first-order valence-corrected chi connectivity index (χ1v) is 16.9. The molecule has 0 bridgehead atoms. The lowest BCUT2D eigenvalue weighted by atomic mass is 9.79. The van der Waals surface area contributed by atoms with Crippen LogP contribution in [-0.2, 0) is 54.2 Å². The largest absolute Gasteiger partial charge is 0.382 e. The van der Waals surface area contributed by atoms with Crippen molar-refractivity contribution in [3.8, 4) is 6.07 Å². The average Bonchev–Trinajstić information content (AvgIpc) is 3.61. The fourth-order valence-electron chi connectivity index (χ4n) is 5.90. The molecule has 3 heterocycles. The van der Waals surface area contributed by atoms with Gasteiger partial charge in [0.05, 0.1) is 32.1 Å². The first-order valence-electron chi connectivity index (χ1n) is 15.0. The second kappa shape index (κ2) is 13.2. The first-order chi connectivity index (χ1) is 22.6. The van der Waals surface area contributed by atoms with Gasteiger partial charge in [0.2, 0.25) is 15.4 Å². The third-order valence-corrected chi connectivity index (χ3v) is 9.16. The van der Waals surface area contributed by atoms with Gasteiger partial charge in [0.1, 0.15) is 29.4 Å². The van der Waals surface area contributed by atoms with Crippen molar-refractivity contribution in [3.05, 3.63) is 126 Å². The maximum Gasteiger partial charge on any atom is 0.267 e. The van der Waals surface area contributed by atoms with Crippen LogP contribution in [0, 0.1) is 11.3 Å². The molecule has 1 aliphatic rings. The molecule has 3 aromatic carbocycles. The van der Waals surface area contributed by atoms with Crippen molar-refractivity contribution in [2.45, 2.75) is 55.3 Å². The number of hydrogen-bond acceptors (Lipinski definition) is 10. The quantitative estimate of drug-likeness (QED) is 0.202. The number of hydrogen-bond donors (Lipinski definition) is 1. The molecule has 0 radical (unpaired) electrons. The van der Waals surface area contributed by atoms with E-state index in [0.29, 0.717) is 12.1 Å². The van der Waals surface area contributed by atoms with Crippen LogP contribution >= 0.6 is 0 Å². The minimum Gasteiger partial charge on any atom is -0.382 e. The van der Waals surface area contributed by atoms with E-state index in [4.69, 9.17) is 24.7 Å². The predicted molar refractivity (Wildman–Crippen MR) is 173 cm³/mol. The molecule has 0 saturated carbocycles. The Hall–Kier alpha value is -4.64. The molecular weight excluding hydrogens is 618 g/mol. The summed E-state index contributed by atoms with van der Waals surface area (Å²) in [7, 11) is -3.86. The van der Waals surface area contributed by atoms with Crippen molar-refractivity contribution in [3.63, 3.8) is 0 Å². The van der Waals surface area contributed by atoms with Crippen LogP contribution in [0.1, 0.15) is 29.3 Å². The monoisotopic (exact) mass is 653 g/mol. The molecule has 2 N–H and O–H groups in total. The van der Waals surface area contributed by atoms with E-state index in [9.17, 15) is 13.7 Å². The van der Waals surface area contributed by atoms with Crippen molar-refractivity contribution in [1.29, 1.82) is 5.26 Å². The number of nitriles is 1. The van der Waals surface area contributed by atoms with Crippen molar-refractivity contribution in [2.75, 3.05) is 18.6 Å². The molecule has 0 aliphatic carbocycles. The number of nitrogen functional groups attached to an aromatic ring is 1. The zero-order chi connectivity index (χ0) is 33.1. The molecule has 4 atom stereocenters. The summed E-state index contributed by atoms with van der Waals surface area (Å²) >= 11 is 0. The number of benzene rings is 3. The normalized spacial score (nSPS) is 22.7. The summed E-state index contributed by atoms with van der Waals surface area (Å²) in [6.07, 6.45) is -0.633. The average molecular weight is 654 g/mol. The second-order valence-corrected chi connectivity index (χ2v) is 13.5. The van der Waals surface area contributed by atoms with Crippen molar-refractivity contribution < 1.29 is 27.4 Å². The van der Waals surface area contributed by atoms with E-state index in [2.05, 4.69) is 16.2 Å². The highest BCUT2D eigenvalue weighted by atomic mass is 32.2. The van der Waals surface area contributed by atoms with E-state index in [1.165, 1.54) is 4.52 Å². The van der Waals surface area contributed by atoms with Crippen LogP contribution in [0.4, 0.5) is 5.82 Å². The SMILES string of the molecule is C[C@@]1(OCc2ccccc2)[C@H](OCc2ccccc2)[C@@H](COCc2ccccc2)OC1(C#N)c1ccc2c(N)nc(S(C)(=O)=O)nn12. The third-order valence-electron chi connectivity index (χ3n) is 8.32. The zero-order valence-electron chi connectivity index (χ0n) is 26.0. The number of aromatic nitrogens is 3. The second-order valence-electron chi connectivity index (χ2n) is 11.6. The molecule has 11 nitrogen and oxygen atoms in total. The Kier molecular flexibility index (Phi) is 9.09. The van der Waals surface area contributed by atoms with Gasteiger partial charge >= 0.3 is 0 Å². The molecule has 12 heteroatoms. The molecule has 0 amide bonds. The summed E-state index contributed by atoms with van der Waals surface area (Å²) in [6.45, 7) is 2.48. The van der Waals surface area contributed by atoms with Gasteiger partial charge in [0, 0.05) is 6.26 Å². The van der Waals surface area contributed by atoms with Crippen LogP contribution in [0.15, 0.2) is 108 Å². The maximum absolute atomic E-state index is 12.5. The summed E-state index contributed by atoms with van der Waals surface area (Å²) in [5, 5.41) is 15.0. The Bertz CT molecular complexity index is 1990. The molecule has 1 saturated heterocycles. The summed E-state index contributed by atoms with van der Waals surface area (Å²) < 4.78 is 52.7. The summed E-state index contributed by atoms with van der Waals surface area (Å²) in [5.41, 5.74) is 6.14. The number of nitrogens with two attached hydrogens (primary N) is 1. The number of fused-ring (bicyclic) bond motifs is 1. The van der Waals surface area contributed by atoms with Gasteiger partial charge in [0.25, 0.3) is 5.16 Å². The highest BCUT2D eigenvalue weighted by Gasteiger charge is 2.68. The van der Waals surface area contributed by atoms with Crippen LogP contribution in [0.3, 0.4) is 0 Å². The van der Waals surface area contributed by atoms with Gasteiger partial charge in [-0.1, -0.05) is 91.0 Å². The molecule has 5 aromatic rings. The van der Waals surface area contributed by atoms with E-state index in [-0.39, 0.29) is 31.3 Å². The highest BCUT2D eigenvalue weighted by molar-refractivity contribution is 7.90. The molecular formula is C35H35N5O6S. The lowest BCUT2D eigenvalue weighted by molar-refractivity contribution is -0.168. The fourth-order valence-corrected chi connectivity index (χ4v) is 6.39. The third kappa shape index (κ3) is 6.36. The number of rotatable bonds is 12. The van der Waals surface area contributed by atoms with Crippen molar-refractivity contribution in [1.82, 2.24) is 14.6 Å². The minimum absolute atomic E-state index is 0.0655. The van der Waals surface area contributed by atoms with Crippen LogP contribution in [0.25, 0.3) is 5.52 Å². The highest BCUT2D eigenvalue weighted by Crippen LogP contribution is 2.51. The Labute approximate surface area is 273 Å². The Balaban J connectivity index is 1.47. The summed E-state index contributed by atoms with van der Waals surface area (Å²) in [6, 6.07) is 34.6. The Morgan fingerprint density at radius 2 is 1.47 bits per heavy atom. The topological polar surface area (TPSA) is 151 Å². The lowest BCUT2D eigenvalue weighted by Crippen LogP contribution is -2.55. The van der Waals surface area contributed by atoms with Gasteiger partial charge in [-0.3, -0.25) is 0 Å². The molecule has 242 valence electrons. The predicted octanol–water partition coefficient (Wildman–Crippen LogP) is 4.61. The maximum atomic E-state index is 12.5. The van der Waals surface area contributed by atoms with E-state index in [1.807, 2.05) is 91.0 Å². The van der Waals surface area contributed by atoms with Crippen LogP contribution in [-0.4, -0.2) is 53.7 Å². The van der Waals surface area contributed by atoms with Gasteiger partial charge in [0.15, 0.2) is 5.82 Å². The molecule has 1 aliphatic heterocycles. The standard InChI is InChI=1S/C35H35N5O6S/c1-34(45-22-27-16-10-5-11-17-27)31(44-21-26-14-8-4-9-15-26)29(23-43-20-25-12-6-3-7-13-25)46-35(34,24-36)30-19-18-28-32(37)38-33(39-40(28)30)47(2,41)42/h3-19,29,31H,20-23H2,1-2H3,(H2,37,38,39)/t29-,31-,34-,35?/m1/s1. The molecule has 6 rings (SSSR count). The van der Waals surface area contributed by atoms with E-state index >= 15 is 0 Å². The van der Waals surface area contributed by atoms with E-state index in [0.717, 1.165) is 22.9 Å². The van der Waals surface area contributed by atoms with Gasteiger partial charge in [-0.25, -0.2) is 12.9 Å². The van der Waals surface area contributed by atoms with Gasteiger partial charge in [-0.15, -0.1) is 5.10 Å². The Morgan fingerprint density at radius 1 is 0.894 bits per heavy atom. The van der Waals surface area contributed by atoms with Gasteiger partial charge in [-0.2, -0.15) is 10.2 Å². The number of anilines is 1. The van der Waals surface area contributed by atoms with Crippen LogP contribution in [0.2, 0.25) is 0 Å². The fraction of sp³-hybridized carbons (Fsp3) is 0.286. The number of nitrogens with zero attached hydrogens (tertiary/aromatic N) is 4. The molecule has 2 aromatic heterocycles. The first kappa shape index (κ1) is 32.3. The molecule has 0 spiro atoms. The Morgan fingerprint density at radius 3 is 2.04 bits per heavy atom. The van der Waals surface area contributed by atoms with Crippen molar-refractivity contribution in [2.24, 2.45) is 0 Å². The number of ether oxygens (including phenoxy) is 4. The van der Waals surface area contributed by atoms with Crippen LogP contribution in [0.5, 0.6) is 0 Å². The zero-order valence-corrected chi connectivity index (χ0v) is 26.8. The summed E-state index contributed by atoms with van der Waals surface area (Å²) in [4.78, 5) is 3.99. The van der Waals surface area contributed by atoms with Gasteiger partial charge in [-0.05, 0) is 35.7 Å². The van der Waals surface area contributed by atoms with Crippen molar-refractivity contribution >= 4 is 21.2 Å². The van der Waals surface area contributed by atoms with Crippen LogP contribution < -0.4 is 5.73 Å². The smallest absolute Gasteiger partial charge is 0.267 e. The molecule has 47 heavy (non-hydrogen) atoms. The number of sulfone groups is 1. The molecule has 1 unspecified atom stereocenters. The lowest BCUT2D eigenvalue weighted by Gasteiger charge is -2.39. The van der Waals surface area contributed by atoms with E-state index < -0.39 is 38.4 Å². The molecule has 1 fully saturated rings. The summed E-state index contributed by atoms with van der Waals surface area (Å²) in [5.74, 6) is -0.0655.